The van der Waals surface area contributed by atoms with Crippen LogP contribution in [0.4, 0.5) is 10.5 Å². The SMILES string of the molecule is CCOc1ccccc1N1C(=O)NC(=O)/C(=C\c2cccn2-c2ccc(C)c(Cl)c2)C1=O. The van der Waals surface area contributed by atoms with E-state index in [2.05, 4.69) is 5.32 Å². The van der Waals surface area contributed by atoms with Gasteiger partial charge in [0.05, 0.1) is 12.3 Å². The van der Waals surface area contributed by atoms with Gasteiger partial charge in [-0.1, -0.05) is 29.8 Å². The summed E-state index contributed by atoms with van der Waals surface area (Å²) >= 11 is 6.26. The second kappa shape index (κ2) is 8.72. The highest BCUT2D eigenvalue weighted by Crippen LogP contribution is 2.31. The van der Waals surface area contributed by atoms with Crippen molar-refractivity contribution in [1.82, 2.24) is 9.88 Å². The molecule has 2 aromatic carbocycles. The van der Waals surface area contributed by atoms with Crippen molar-refractivity contribution < 1.29 is 19.1 Å². The number of aromatic nitrogens is 1. The minimum atomic E-state index is -0.829. The Balaban J connectivity index is 1.76. The lowest BCUT2D eigenvalue weighted by Gasteiger charge is -2.27. The van der Waals surface area contributed by atoms with Crippen molar-refractivity contribution in [2.45, 2.75) is 13.8 Å². The van der Waals surface area contributed by atoms with Crippen LogP contribution in [-0.4, -0.2) is 29.0 Å². The molecule has 1 fully saturated rings. The first-order valence-electron chi connectivity index (χ1n) is 9.98. The molecule has 162 valence electrons. The number of nitrogens with zero attached hydrogens (tertiary/aromatic N) is 2. The molecule has 0 atom stereocenters. The van der Waals surface area contributed by atoms with Gasteiger partial charge in [-0.3, -0.25) is 14.9 Å². The summed E-state index contributed by atoms with van der Waals surface area (Å²) in [6.07, 6.45) is 3.25. The molecule has 4 rings (SSSR count). The normalized spacial score (nSPS) is 15.3. The first-order chi connectivity index (χ1) is 15.4. The zero-order valence-corrected chi connectivity index (χ0v) is 18.2. The number of para-hydroxylation sites is 2. The summed E-state index contributed by atoms with van der Waals surface area (Å²) in [5, 5.41) is 2.84. The summed E-state index contributed by atoms with van der Waals surface area (Å²) in [6, 6.07) is 15.0. The van der Waals surface area contributed by atoms with E-state index in [-0.39, 0.29) is 11.3 Å². The maximum Gasteiger partial charge on any atom is 0.336 e. The van der Waals surface area contributed by atoms with Crippen LogP contribution in [0.5, 0.6) is 5.75 Å². The van der Waals surface area contributed by atoms with Gasteiger partial charge in [0.2, 0.25) is 0 Å². The van der Waals surface area contributed by atoms with Gasteiger partial charge in [-0.15, -0.1) is 0 Å². The van der Waals surface area contributed by atoms with Gasteiger partial charge in [0.15, 0.2) is 0 Å². The number of nitrogens with one attached hydrogen (secondary N) is 1. The summed E-state index contributed by atoms with van der Waals surface area (Å²) in [5.74, 6) is -1.13. The first kappa shape index (κ1) is 21.4. The fourth-order valence-electron chi connectivity index (χ4n) is 3.42. The Morgan fingerprint density at radius 2 is 1.84 bits per heavy atom. The van der Waals surface area contributed by atoms with Crippen LogP contribution >= 0.6 is 11.6 Å². The van der Waals surface area contributed by atoms with Crippen molar-refractivity contribution in [1.29, 1.82) is 0 Å². The molecular formula is C24H20ClN3O4. The standard InChI is InChI=1S/C24H20ClN3O4/c1-3-32-21-9-5-4-8-20(21)28-23(30)18(22(29)26-24(28)31)13-16-7-6-12-27(16)17-11-10-15(2)19(25)14-17/h4-14H,3H2,1-2H3,(H,26,29,31)/b18-13+. The number of amides is 4. The molecule has 8 heteroatoms. The number of barbiturate groups is 1. The van der Waals surface area contributed by atoms with Crippen molar-refractivity contribution >= 4 is 41.2 Å². The van der Waals surface area contributed by atoms with Crippen LogP contribution in [0.3, 0.4) is 0 Å². The summed E-state index contributed by atoms with van der Waals surface area (Å²) in [6.45, 7) is 4.06. The lowest BCUT2D eigenvalue weighted by Crippen LogP contribution is -2.54. The third kappa shape index (κ3) is 3.90. The number of halogens is 1. The van der Waals surface area contributed by atoms with Gasteiger partial charge in [0.25, 0.3) is 11.8 Å². The quantitative estimate of drug-likeness (QED) is 0.459. The molecule has 1 saturated heterocycles. The predicted molar refractivity (Wildman–Crippen MR) is 122 cm³/mol. The smallest absolute Gasteiger partial charge is 0.336 e. The number of carbonyl (C=O) groups is 3. The fourth-order valence-corrected chi connectivity index (χ4v) is 3.60. The van der Waals surface area contributed by atoms with Crippen LogP contribution in [0.1, 0.15) is 18.2 Å². The van der Waals surface area contributed by atoms with E-state index in [1.165, 1.54) is 6.08 Å². The zero-order chi connectivity index (χ0) is 22.8. The molecule has 0 saturated carbocycles. The van der Waals surface area contributed by atoms with E-state index in [0.717, 1.165) is 16.2 Å². The first-order valence-corrected chi connectivity index (χ1v) is 10.4. The average Bonchev–Trinajstić information content (AvgIpc) is 3.22. The highest BCUT2D eigenvalue weighted by molar-refractivity contribution is 6.39. The van der Waals surface area contributed by atoms with E-state index in [4.69, 9.17) is 16.3 Å². The molecule has 2 heterocycles. The van der Waals surface area contributed by atoms with Gasteiger partial charge in [0, 0.05) is 22.6 Å². The van der Waals surface area contributed by atoms with E-state index >= 15 is 0 Å². The Hall–Kier alpha value is -3.84. The lowest BCUT2D eigenvalue weighted by molar-refractivity contribution is -0.122. The van der Waals surface area contributed by atoms with Gasteiger partial charge >= 0.3 is 6.03 Å². The van der Waals surface area contributed by atoms with Crippen LogP contribution in [0, 0.1) is 6.92 Å². The molecule has 1 aliphatic heterocycles. The number of benzene rings is 2. The molecule has 32 heavy (non-hydrogen) atoms. The number of urea groups is 1. The van der Waals surface area contributed by atoms with Gasteiger partial charge in [-0.25, -0.2) is 9.69 Å². The van der Waals surface area contributed by atoms with E-state index in [9.17, 15) is 14.4 Å². The molecule has 1 aromatic heterocycles. The number of ether oxygens (including phenoxy) is 1. The molecule has 0 spiro atoms. The topological polar surface area (TPSA) is 80.6 Å². The monoisotopic (exact) mass is 449 g/mol. The highest BCUT2D eigenvalue weighted by atomic mass is 35.5. The van der Waals surface area contributed by atoms with E-state index < -0.39 is 17.8 Å². The van der Waals surface area contributed by atoms with Crippen molar-refractivity contribution in [3.8, 4) is 11.4 Å². The summed E-state index contributed by atoms with van der Waals surface area (Å²) in [5.41, 5.74) is 2.38. The molecule has 0 radical (unpaired) electrons. The van der Waals surface area contributed by atoms with E-state index in [1.54, 1.807) is 60.2 Å². The zero-order valence-electron chi connectivity index (χ0n) is 17.5. The Labute approximate surface area is 189 Å². The number of hydrogen-bond acceptors (Lipinski definition) is 4. The van der Waals surface area contributed by atoms with Crippen LogP contribution in [-0.2, 0) is 9.59 Å². The van der Waals surface area contributed by atoms with Crippen molar-refractivity contribution in [2.75, 3.05) is 11.5 Å². The van der Waals surface area contributed by atoms with Crippen LogP contribution < -0.4 is 15.0 Å². The second-order valence-corrected chi connectivity index (χ2v) is 7.50. The maximum atomic E-state index is 13.3. The minimum absolute atomic E-state index is 0.172. The number of carbonyl (C=O) groups excluding carboxylic acids is 3. The molecular weight excluding hydrogens is 430 g/mol. The van der Waals surface area contributed by atoms with Crippen LogP contribution in [0.15, 0.2) is 66.4 Å². The minimum Gasteiger partial charge on any atom is -0.492 e. The molecule has 1 N–H and O–H groups in total. The van der Waals surface area contributed by atoms with Crippen molar-refractivity contribution in [3.63, 3.8) is 0 Å². The number of imide groups is 2. The van der Waals surface area contributed by atoms with Gasteiger partial charge < -0.3 is 9.30 Å². The molecule has 0 bridgehead atoms. The van der Waals surface area contributed by atoms with E-state index in [0.29, 0.717) is 23.1 Å². The van der Waals surface area contributed by atoms with Gasteiger partial charge in [0.1, 0.15) is 11.3 Å². The largest absolute Gasteiger partial charge is 0.492 e. The second-order valence-electron chi connectivity index (χ2n) is 7.10. The third-order valence-corrected chi connectivity index (χ3v) is 5.42. The Morgan fingerprint density at radius 1 is 1.06 bits per heavy atom. The molecule has 0 aliphatic carbocycles. The van der Waals surface area contributed by atoms with Gasteiger partial charge in [-0.2, -0.15) is 0 Å². The predicted octanol–water partition coefficient (Wildman–Crippen LogP) is 4.50. The van der Waals surface area contributed by atoms with Crippen LogP contribution in [0.2, 0.25) is 5.02 Å². The Kier molecular flexibility index (Phi) is 5.83. The molecule has 1 aliphatic rings. The average molecular weight is 450 g/mol. The fraction of sp³-hybridized carbons (Fsp3) is 0.125. The lowest BCUT2D eigenvalue weighted by atomic mass is 10.1. The summed E-state index contributed by atoms with van der Waals surface area (Å²) in [4.78, 5) is 39.3. The van der Waals surface area contributed by atoms with Crippen LogP contribution in [0.25, 0.3) is 11.8 Å². The summed E-state index contributed by atoms with van der Waals surface area (Å²) < 4.78 is 7.36. The molecule has 3 aromatic rings. The number of rotatable bonds is 5. The van der Waals surface area contributed by atoms with Crippen molar-refractivity contribution in [2.24, 2.45) is 0 Å². The molecule has 7 nitrogen and oxygen atoms in total. The van der Waals surface area contributed by atoms with Crippen molar-refractivity contribution in [3.05, 3.63) is 82.6 Å². The Morgan fingerprint density at radius 3 is 2.59 bits per heavy atom. The number of anilines is 1. The third-order valence-electron chi connectivity index (χ3n) is 5.01. The highest BCUT2D eigenvalue weighted by Gasteiger charge is 2.38. The Bertz CT molecular complexity index is 1260. The number of aryl methyl sites for hydroxylation is 1. The molecule has 0 unspecified atom stereocenters. The summed E-state index contributed by atoms with van der Waals surface area (Å²) in [7, 11) is 0. The molecule has 4 amide bonds. The van der Waals surface area contributed by atoms with E-state index in [1.807, 2.05) is 19.1 Å². The van der Waals surface area contributed by atoms with Gasteiger partial charge in [-0.05, 0) is 61.9 Å². The number of hydrogen-bond donors (Lipinski definition) is 1. The maximum absolute atomic E-state index is 13.3.